The van der Waals surface area contributed by atoms with Gasteiger partial charge >= 0.3 is 0 Å². The quantitative estimate of drug-likeness (QED) is 0.506. The van der Waals surface area contributed by atoms with Crippen molar-refractivity contribution in [1.29, 1.82) is 0 Å². The van der Waals surface area contributed by atoms with E-state index in [2.05, 4.69) is 10.2 Å². The van der Waals surface area contributed by atoms with Crippen molar-refractivity contribution in [1.82, 2.24) is 9.47 Å². The number of hydrogen-bond donors (Lipinski definition) is 2. The Bertz CT molecular complexity index is 1350. The van der Waals surface area contributed by atoms with Gasteiger partial charge in [0.2, 0.25) is 5.91 Å². The highest BCUT2D eigenvalue weighted by Crippen LogP contribution is 2.30. The smallest absolute Gasteiger partial charge is 0.273 e. The molecular weight excluding hydrogens is 469 g/mol. The van der Waals surface area contributed by atoms with Gasteiger partial charge in [0, 0.05) is 49.1 Å². The van der Waals surface area contributed by atoms with Gasteiger partial charge in [-0.1, -0.05) is 12.1 Å². The number of amides is 1. The van der Waals surface area contributed by atoms with Crippen LogP contribution in [-0.2, 0) is 17.1 Å². The first-order chi connectivity index (χ1) is 16.9. The lowest BCUT2D eigenvalue weighted by molar-refractivity contribution is -0.115. The summed E-state index contributed by atoms with van der Waals surface area (Å²) in [7, 11) is 0. The molecule has 1 aliphatic rings. The van der Waals surface area contributed by atoms with Gasteiger partial charge < -0.3 is 15.6 Å². The van der Waals surface area contributed by atoms with Crippen LogP contribution >= 0.6 is 0 Å². The highest BCUT2D eigenvalue weighted by atomic mass is 19.3. The normalized spacial score (nSPS) is 17.5. The summed E-state index contributed by atoms with van der Waals surface area (Å²) < 4.78 is 42.8. The maximum Gasteiger partial charge on any atom is 0.273 e. The van der Waals surface area contributed by atoms with Crippen molar-refractivity contribution >= 4 is 22.4 Å². The van der Waals surface area contributed by atoms with Crippen molar-refractivity contribution in [2.24, 2.45) is 5.73 Å². The fraction of sp³-hybridized carbons (Fsp3) is 0.407. The van der Waals surface area contributed by atoms with Crippen molar-refractivity contribution in [3.8, 4) is 0 Å². The van der Waals surface area contributed by atoms with Crippen LogP contribution in [0, 0.1) is 12.7 Å². The summed E-state index contributed by atoms with van der Waals surface area (Å²) in [4.78, 5) is 28.3. The van der Waals surface area contributed by atoms with Crippen molar-refractivity contribution in [2.75, 3.05) is 25.0 Å². The number of anilines is 1. The Balaban J connectivity index is 1.55. The summed E-state index contributed by atoms with van der Waals surface area (Å²) in [6, 6.07) is 8.71. The van der Waals surface area contributed by atoms with Gasteiger partial charge in [-0.3, -0.25) is 14.5 Å². The van der Waals surface area contributed by atoms with E-state index in [9.17, 15) is 22.8 Å². The molecule has 3 N–H and O–H groups in total. The summed E-state index contributed by atoms with van der Waals surface area (Å²) in [5.41, 5.74) is 6.66. The Morgan fingerprint density at radius 2 is 1.97 bits per heavy atom. The van der Waals surface area contributed by atoms with Gasteiger partial charge in [-0.2, -0.15) is 0 Å². The number of nitrogens with zero attached hydrogens (tertiary/aromatic N) is 2. The molecule has 1 aliphatic heterocycles. The molecule has 0 aliphatic carbocycles. The summed E-state index contributed by atoms with van der Waals surface area (Å²) >= 11 is 0. The van der Waals surface area contributed by atoms with Crippen LogP contribution in [0.4, 0.5) is 18.9 Å². The number of carbonyl (C=O) groups excluding carboxylic acids is 1. The third-order valence-corrected chi connectivity index (χ3v) is 6.76. The fourth-order valence-electron chi connectivity index (χ4n) is 4.85. The second-order valence-corrected chi connectivity index (χ2v) is 9.83. The topological polar surface area (TPSA) is 80.4 Å². The molecule has 2 aromatic carbocycles. The van der Waals surface area contributed by atoms with E-state index in [4.69, 9.17) is 5.73 Å². The number of rotatable bonds is 7. The van der Waals surface area contributed by atoms with E-state index < -0.39 is 23.2 Å². The Hall–Kier alpha value is -3.17. The van der Waals surface area contributed by atoms with Gasteiger partial charge in [0.05, 0.1) is 17.7 Å². The van der Waals surface area contributed by atoms with Crippen LogP contribution in [0.15, 0.2) is 47.4 Å². The predicted octanol–water partition coefficient (Wildman–Crippen LogP) is 4.34. The molecule has 0 radical (unpaired) electrons. The largest absolute Gasteiger partial charge is 0.326 e. The number of aryl methyl sites for hydroxylation is 1. The van der Waals surface area contributed by atoms with Crippen LogP contribution in [-0.4, -0.2) is 41.1 Å². The molecule has 1 amide bonds. The van der Waals surface area contributed by atoms with E-state index in [1.807, 2.05) is 19.9 Å². The third kappa shape index (κ3) is 5.47. The first kappa shape index (κ1) is 25.9. The molecule has 0 bridgehead atoms. The Morgan fingerprint density at radius 3 is 2.61 bits per heavy atom. The molecule has 9 heteroatoms. The monoisotopic (exact) mass is 500 g/mol. The van der Waals surface area contributed by atoms with Crippen LogP contribution in [0.3, 0.4) is 0 Å². The van der Waals surface area contributed by atoms with Crippen LogP contribution < -0.4 is 16.6 Å². The number of hydrogen-bond acceptors (Lipinski definition) is 4. The Labute approximate surface area is 207 Å². The highest BCUT2D eigenvalue weighted by Gasteiger charge is 2.28. The zero-order valence-corrected chi connectivity index (χ0v) is 20.7. The number of carbonyl (C=O) groups is 1. The van der Waals surface area contributed by atoms with E-state index in [0.29, 0.717) is 29.9 Å². The summed E-state index contributed by atoms with van der Waals surface area (Å²) in [5, 5.41) is 3.91. The number of fused-ring (bicyclic) bond motifs is 1. The van der Waals surface area contributed by atoms with Crippen molar-refractivity contribution in [2.45, 2.75) is 51.6 Å². The lowest BCUT2D eigenvalue weighted by Crippen LogP contribution is -2.34. The molecule has 0 spiro atoms. The third-order valence-electron chi connectivity index (χ3n) is 6.76. The average Bonchev–Trinajstić information content (AvgIpc) is 3.19. The lowest BCUT2D eigenvalue weighted by Gasteiger charge is -2.23. The number of pyridine rings is 1. The maximum absolute atomic E-state index is 14.1. The highest BCUT2D eigenvalue weighted by molar-refractivity contribution is 6.03. The molecule has 0 unspecified atom stereocenters. The Morgan fingerprint density at radius 1 is 1.22 bits per heavy atom. The molecule has 192 valence electrons. The van der Waals surface area contributed by atoms with Gasteiger partial charge in [-0.25, -0.2) is 13.2 Å². The molecule has 2 heterocycles. The molecule has 1 fully saturated rings. The van der Waals surface area contributed by atoms with Gasteiger partial charge in [0.15, 0.2) is 0 Å². The van der Waals surface area contributed by atoms with E-state index in [1.54, 1.807) is 22.9 Å². The summed E-state index contributed by atoms with van der Waals surface area (Å²) in [5.74, 6) is -4.81. The van der Waals surface area contributed by atoms with Gasteiger partial charge in [0.1, 0.15) is 5.82 Å². The Kier molecular flexibility index (Phi) is 7.24. The first-order valence-corrected chi connectivity index (χ1v) is 12.0. The van der Waals surface area contributed by atoms with Crippen LogP contribution in [0.2, 0.25) is 0 Å². The zero-order valence-electron chi connectivity index (χ0n) is 20.7. The van der Waals surface area contributed by atoms with Crippen LogP contribution in [0.1, 0.15) is 43.0 Å². The molecule has 1 saturated heterocycles. The minimum Gasteiger partial charge on any atom is -0.326 e. The van der Waals surface area contributed by atoms with Crippen molar-refractivity contribution in [3.63, 3.8) is 0 Å². The second kappa shape index (κ2) is 10.1. The molecular formula is C27H31F3N4O2. The van der Waals surface area contributed by atoms with E-state index in [1.165, 1.54) is 6.07 Å². The van der Waals surface area contributed by atoms with Crippen LogP contribution in [0.5, 0.6) is 0 Å². The lowest BCUT2D eigenvalue weighted by atomic mass is 10.0. The van der Waals surface area contributed by atoms with Gasteiger partial charge in [-0.05, 0) is 62.2 Å². The summed E-state index contributed by atoms with van der Waals surface area (Å²) in [6.45, 7) is 6.88. The van der Waals surface area contributed by atoms with Gasteiger partial charge in [0.25, 0.3) is 11.5 Å². The molecule has 3 aromatic rings. The van der Waals surface area contributed by atoms with E-state index >= 15 is 0 Å². The van der Waals surface area contributed by atoms with Crippen molar-refractivity contribution < 1.29 is 18.0 Å². The molecule has 1 aromatic heterocycles. The SMILES string of the molecule is Cc1ccc2c(=O)n([C@H](C)CN3CC[C@@H](N)C3)ccc2c1NC(=O)Cc1ccc(C(C)(F)F)c(F)c1. The number of benzene rings is 2. The number of nitrogens with one attached hydrogen (secondary N) is 1. The van der Waals surface area contributed by atoms with E-state index in [-0.39, 0.29) is 29.6 Å². The fourth-order valence-corrected chi connectivity index (χ4v) is 4.85. The second-order valence-electron chi connectivity index (χ2n) is 9.83. The predicted molar refractivity (Wildman–Crippen MR) is 135 cm³/mol. The number of likely N-dealkylation sites (tertiary alicyclic amines) is 1. The number of halogens is 3. The van der Waals surface area contributed by atoms with Crippen molar-refractivity contribution in [3.05, 3.63) is 75.5 Å². The zero-order chi connectivity index (χ0) is 26.2. The molecule has 0 saturated carbocycles. The first-order valence-electron chi connectivity index (χ1n) is 12.0. The van der Waals surface area contributed by atoms with Crippen LogP contribution in [0.25, 0.3) is 10.8 Å². The molecule has 6 nitrogen and oxygen atoms in total. The average molecular weight is 501 g/mol. The number of nitrogens with two attached hydrogens (primary N) is 1. The standard InChI is InChI=1S/C27H31F3N4O2/c1-16-4-6-21-20(9-11-34(26(21)36)17(2)14-33-10-8-19(31)15-33)25(16)32-24(35)13-18-5-7-22(23(28)12-18)27(3,29)30/h4-7,9,11-12,17,19H,8,10,13-15,31H2,1-3H3,(H,32,35)/t17-,19-/m1/s1. The maximum atomic E-state index is 14.1. The number of alkyl halides is 2. The minimum atomic E-state index is -3.31. The van der Waals surface area contributed by atoms with E-state index in [0.717, 1.165) is 37.2 Å². The number of aromatic nitrogens is 1. The molecule has 36 heavy (non-hydrogen) atoms. The minimum absolute atomic E-state index is 0.0556. The molecule has 2 atom stereocenters. The summed E-state index contributed by atoms with van der Waals surface area (Å²) in [6.07, 6.45) is 2.48. The molecule has 4 rings (SSSR count). The van der Waals surface area contributed by atoms with Gasteiger partial charge in [-0.15, -0.1) is 0 Å².